The van der Waals surface area contributed by atoms with Crippen LogP contribution in [0, 0.1) is 0 Å². The van der Waals surface area contributed by atoms with Gasteiger partial charge in [0.25, 0.3) is 0 Å². The number of halogens is 3. The molecule has 1 N–H and O–H groups in total. The molecule has 0 aromatic carbocycles. The molecule has 1 aliphatic rings. The molecule has 7 heteroatoms. The maximum Gasteiger partial charge on any atom is 0.417 e. The summed E-state index contributed by atoms with van der Waals surface area (Å²) in [5, 5.41) is 4.25. The predicted molar refractivity (Wildman–Crippen MR) is 83.2 cm³/mol. The van der Waals surface area contributed by atoms with Crippen LogP contribution in [0.3, 0.4) is 0 Å². The van der Waals surface area contributed by atoms with E-state index in [0.717, 1.165) is 30.1 Å². The van der Waals surface area contributed by atoms with Crippen molar-refractivity contribution in [3.63, 3.8) is 0 Å². The first-order valence-corrected chi connectivity index (χ1v) is 8.48. The molecule has 2 heterocycles. The van der Waals surface area contributed by atoms with E-state index in [1.54, 1.807) is 11.3 Å². The number of alkyl halides is 3. The van der Waals surface area contributed by atoms with E-state index >= 15 is 0 Å². The molecule has 0 bridgehead atoms. The van der Waals surface area contributed by atoms with E-state index in [4.69, 9.17) is 0 Å². The SMILES string of the molecule is CC(NCc1cncc(C(F)(F)F)c1)c1nc2c(s1)CCCC2. The van der Waals surface area contributed by atoms with Crippen LogP contribution in [-0.2, 0) is 25.6 Å². The second-order valence-electron chi connectivity index (χ2n) is 5.81. The lowest BCUT2D eigenvalue weighted by atomic mass is 10.0. The van der Waals surface area contributed by atoms with Gasteiger partial charge in [-0.3, -0.25) is 4.98 Å². The Morgan fingerprint density at radius 3 is 2.78 bits per heavy atom. The summed E-state index contributed by atoms with van der Waals surface area (Å²) in [4.78, 5) is 9.72. The van der Waals surface area contributed by atoms with Gasteiger partial charge in [-0.1, -0.05) is 0 Å². The first-order chi connectivity index (χ1) is 10.9. The third-order valence-corrected chi connectivity index (χ3v) is 5.31. The van der Waals surface area contributed by atoms with Crippen LogP contribution in [0.15, 0.2) is 18.5 Å². The molecule has 1 atom stereocenters. The van der Waals surface area contributed by atoms with Crippen LogP contribution < -0.4 is 5.32 Å². The van der Waals surface area contributed by atoms with Gasteiger partial charge in [-0.2, -0.15) is 13.2 Å². The Balaban J connectivity index is 1.65. The fraction of sp³-hybridized carbons (Fsp3) is 0.500. The molecule has 0 fully saturated rings. The van der Waals surface area contributed by atoms with E-state index in [1.807, 2.05) is 6.92 Å². The van der Waals surface area contributed by atoms with Gasteiger partial charge in [0.1, 0.15) is 5.01 Å². The summed E-state index contributed by atoms with van der Waals surface area (Å²) in [6.07, 6.45) is 2.49. The third-order valence-electron chi connectivity index (χ3n) is 3.97. The van der Waals surface area contributed by atoms with Crippen LogP contribution in [0.2, 0.25) is 0 Å². The third kappa shape index (κ3) is 3.90. The number of nitrogens with zero attached hydrogens (tertiary/aromatic N) is 2. The van der Waals surface area contributed by atoms with E-state index in [-0.39, 0.29) is 6.04 Å². The molecule has 1 aliphatic carbocycles. The van der Waals surface area contributed by atoms with Crippen LogP contribution in [0.1, 0.15) is 52.5 Å². The normalized spacial score (nSPS) is 16.2. The summed E-state index contributed by atoms with van der Waals surface area (Å²) < 4.78 is 38.1. The molecule has 3 nitrogen and oxygen atoms in total. The van der Waals surface area contributed by atoms with Crippen LogP contribution >= 0.6 is 11.3 Å². The Labute approximate surface area is 137 Å². The van der Waals surface area contributed by atoms with Gasteiger partial charge in [-0.05, 0) is 44.2 Å². The summed E-state index contributed by atoms with van der Waals surface area (Å²) in [6.45, 7) is 2.33. The lowest BCUT2D eigenvalue weighted by molar-refractivity contribution is -0.137. The zero-order valence-electron chi connectivity index (χ0n) is 12.8. The second-order valence-corrected chi connectivity index (χ2v) is 6.93. The number of rotatable bonds is 4. The van der Waals surface area contributed by atoms with E-state index in [2.05, 4.69) is 15.3 Å². The summed E-state index contributed by atoms with van der Waals surface area (Å²) >= 11 is 1.72. The Kier molecular flexibility index (Phi) is 4.68. The Morgan fingerprint density at radius 1 is 1.26 bits per heavy atom. The minimum atomic E-state index is -4.36. The van der Waals surface area contributed by atoms with Crippen molar-refractivity contribution in [3.8, 4) is 0 Å². The predicted octanol–water partition coefficient (Wildman–Crippen LogP) is 4.29. The number of hydrogen-bond acceptors (Lipinski definition) is 4. The van der Waals surface area contributed by atoms with Crippen LogP contribution in [0.25, 0.3) is 0 Å². The number of hydrogen-bond donors (Lipinski definition) is 1. The van der Waals surface area contributed by atoms with E-state index in [1.165, 1.54) is 29.6 Å². The number of nitrogens with one attached hydrogen (secondary N) is 1. The summed E-state index contributed by atoms with van der Waals surface area (Å²) in [7, 11) is 0. The maximum atomic E-state index is 12.7. The van der Waals surface area contributed by atoms with Crippen molar-refractivity contribution >= 4 is 11.3 Å². The molecule has 23 heavy (non-hydrogen) atoms. The van der Waals surface area contributed by atoms with Crippen molar-refractivity contribution in [1.82, 2.24) is 15.3 Å². The molecular weight excluding hydrogens is 323 g/mol. The molecule has 1 unspecified atom stereocenters. The van der Waals surface area contributed by atoms with Crippen molar-refractivity contribution in [2.24, 2.45) is 0 Å². The van der Waals surface area contributed by atoms with Gasteiger partial charge in [-0.15, -0.1) is 11.3 Å². The van der Waals surface area contributed by atoms with Crippen molar-refractivity contribution in [3.05, 3.63) is 45.2 Å². The van der Waals surface area contributed by atoms with Crippen molar-refractivity contribution in [1.29, 1.82) is 0 Å². The average molecular weight is 341 g/mol. The van der Waals surface area contributed by atoms with Gasteiger partial charge in [0, 0.05) is 23.8 Å². The molecule has 0 aliphatic heterocycles. The van der Waals surface area contributed by atoms with Crippen LogP contribution in [-0.4, -0.2) is 9.97 Å². The second kappa shape index (κ2) is 6.57. The maximum absolute atomic E-state index is 12.7. The zero-order chi connectivity index (χ0) is 16.4. The molecule has 2 aromatic rings. The minimum absolute atomic E-state index is 0.0140. The van der Waals surface area contributed by atoms with Gasteiger partial charge >= 0.3 is 6.18 Å². The number of pyridine rings is 1. The average Bonchev–Trinajstić information content (AvgIpc) is 2.96. The monoisotopic (exact) mass is 341 g/mol. The molecule has 2 aromatic heterocycles. The lowest BCUT2D eigenvalue weighted by Gasteiger charge is -2.12. The highest BCUT2D eigenvalue weighted by atomic mass is 32.1. The summed E-state index contributed by atoms with van der Waals surface area (Å²) in [6, 6.07) is 1.15. The standard InChI is InChI=1S/C16H18F3N3S/c1-10(15-22-13-4-2-3-5-14(13)23-15)21-8-11-6-12(9-20-7-11)16(17,18)19/h6-7,9-10,21H,2-5,8H2,1H3. The Hall–Kier alpha value is -1.47. The minimum Gasteiger partial charge on any atom is -0.304 e. The summed E-state index contributed by atoms with van der Waals surface area (Å²) in [5.74, 6) is 0. The molecular formula is C16H18F3N3S. The Morgan fingerprint density at radius 2 is 2.04 bits per heavy atom. The number of thiazole rings is 1. The fourth-order valence-electron chi connectivity index (χ4n) is 2.65. The molecule has 0 spiro atoms. The number of aryl methyl sites for hydroxylation is 2. The van der Waals surface area contributed by atoms with Crippen molar-refractivity contribution in [2.45, 2.75) is 51.4 Å². The van der Waals surface area contributed by atoms with E-state index < -0.39 is 11.7 Å². The van der Waals surface area contributed by atoms with E-state index in [9.17, 15) is 13.2 Å². The molecule has 0 saturated carbocycles. The smallest absolute Gasteiger partial charge is 0.304 e. The number of aromatic nitrogens is 2. The summed E-state index contributed by atoms with van der Waals surface area (Å²) in [5.41, 5.74) is 1.01. The molecule has 0 amide bonds. The first-order valence-electron chi connectivity index (χ1n) is 7.66. The van der Waals surface area contributed by atoms with Gasteiger partial charge in [-0.25, -0.2) is 4.98 Å². The zero-order valence-corrected chi connectivity index (χ0v) is 13.6. The van der Waals surface area contributed by atoms with E-state index in [0.29, 0.717) is 12.1 Å². The molecule has 3 rings (SSSR count). The quantitative estimate of drug-likeness (QED) is 0.902. The topological polar surface area (TPSA) is 37.8 Å². The van der Waals surface area contributed by atoms with Gasteiger partial charge < -0.3 is 5.32 Å². The highest BCUT2D eigenvalue weighted by Crippen LogP contribution is 2.31. The largest absolute Gasteiger partial charge is 0.417 e. The van der Waals surface area contributed by atoms with Gasteiger partial charge in [0.2, 0.25) is 0 Å². The molecule has 0 saturated heterocycles. The lowest BCUT2D eigenvalue weighted by Crippen LogP contribution is -2.18. The van der Waals surface area contributed by atoms with Crippen LogP contribution in [0.5, 0.6) is 0 Å². The van der Waals surface area contributed by atoms with Gasteiger partial charge in [0.15, 0.2) is 0 Å². The van der Waals surface area contributed by atoms with Crippen molar-refractivity contribution in [2.75, 3.05) is 0 Å². The fourth-order valence-corrected chi connectivity index (χ4v) is 3.84. The highest BCUT2D eigenvalue weighted by Gasteiger charge is 2.31. The Bertz CT molecular complexity index is 658. The molecule has 124 valence electrons. The molecule has 0 radical (unpaired) electrons. The first kappa shape index (κ1) is 16.4. The van der Waals surface area contributed by atoms with Crippen molar-refractivity contribution < 1.29 is 13.2 Å². The number of fused-ring (bicyclic) bond motifs is 1. The van der Waals surface area contributed by atoms with Crippen LogP contribution in [0.4, 0.5) is 13.2 Å². The highest BCUT2D eigenvalue weighted by molar-refractivity contribution is 7.11. The van der Waals surface area contributed by atoms with Gasteiger partial charge in [0.05, 0.1) is 17.3 Å².